The predicted octanol–water partition coefficient (Wildman–Crippen LogP) is 0.614. The molecule has 0 rings (SSSR count). The third-order valence-electron chi connectivity index (χ3n) is 1.58. The van der Waals surface area contributed by atoms with E-state index in [9.17, 15) is 9.59 Å². The van der Waals surface area contributed by atoms with Crippen molar-refractivity contribution in [2.24, 2.45) is 0 Å². The van der Waals surface area contributed by atoms with E-state index in [1.807, 2.05) is 0 Å². The lowest BCUT2D eigenvalue weighted by molar-refractivity contribution is -0.166. The number of methoxy groups -OCH3 is 2. The van der Waals surface area contributed by atoms with Crippen LogP contribution in [0.25, 0.3) is 0 Å². The molecule has 2 atom stereocenters. The van der Waals surface area contributed by atoms with Gasteiger partial charge in [0.25, 0.3) is 0 Å². The lowest BCUT2D eigenvalue weighted by Crippen LogP contribution is -2.16. The molecular weight excluding hydrogens is 216 g/mol. The Balaban J connectivity index is 3.98. The smallest absolute Gasteiger partial charge is 0.333 e. The maximum absolute atomic E-state index is 11.0. The zero-order valence-corrected chi connectivity index (χ0v) is 9.76. The molecule has 0 saturated heterocycles. The highest BCUT2D eigenvalue weighted by Crippen LogP contribution is 1.95. The molecule has 0 aliphatic heterocycles. The molecule has 2 unspecified atom stereocenters. The average molecular weight is 232 g/mol. The van der Waals surface area contributed by atoms with Crippen LogP contribution in [0.5, 0.6) is 0 Å². The molecule has 0 N–H and O–H groups in total. The Labute approximate surface area is 94.1 Å². The van der Waals surface area contributed by atoms with E-state index in [2.05, 4.69) is 0 Å². The Kier molecular flexibility index (Phi) is 7.15. The molecule has 0 aliphatic rings. The van der Waals surface area contributed by atoms with Crippen molar-refractivity contribution in [1.29, 1.82) is 0 Å². The van der Waals surface area contributed by atoms with Crippen molar-refractivity contribution >= 4 is 11.9 Å². The van der Waals surface area contributed by atoms with Crippen LogP contribution in [0.2, 0.25) is 0 Å². The van der Waals surface area contributed by atoms with Gasteiger partial charge in [-0.05, 0) is 13.8 Å². The number of hydrogen-bond acceptors (Lipinski definition) is 6. The van der Waals surface area contributed by atoms with Crippen LogP contribution in [0.3, 0.4) is 0 Å². The van der Waals surface area contributed by atoms with Crippen LogP contribution in [-0.2, 0) is 28.5 Å². The van der Waals surface area contributed by atoms with E-state index in [0.29, 0.717) is 0 Å². The summed E-state index contributed by atoms with van der Waals surface area (Å²) in [4.78, 5) is 22.1. The summed E-state index contributed by atoms with van der Waals surface area (Å²) in [6.45, 7) is 3.11. The van der Waals surface area contributed by atoms with Crippen LogP contribution >= 0.6 is 0 Å². The molecule has 92 valence electrons. The summed E-state index contributed by atoms with van der Waals surface area (Å²) in [5.41, 5.74) is 0. The normalized spacial score (nSPS) is 14.5. The van der Waals surface area contributed by atoms with Crippen molar-refractivity contribution in [2.75, 3.05) is 14.2 Å². The van der Waals surface area contributed by atoms with Crippen molar-refractivity contribution in [3.05, 3.63) is 12.2 Å². The molecule has 0 amide bonds. The van der Waals surface area contributed by atoms with Crippen molar-refractivity contribution in [2.45, 2.75) is 26.4 Å². The van der Waals surface area contributed by atoms with Crippen LogP contribution in [0.1, 0.15) is 13.8 Å². The zero-order valence-electron chi connectivity index (χ0n) is 9.76. The monoisotopic (exact) mass is 232 g/mol. The first-order valence-electron chi connectivity index (χ1n) is 4.64. The SMILES string of the molecule is COC(C)OC(=O)/C=C\C(=O)OC(C)OC. The summed E-state index contributed by atoms with van der Waals surface area (Å²) in [7, 11) is 2.80. The van der Waals surface area contributed by atoms with Gasteiger partial charge in [-0.3, -0.25) is 0 Å². The van der Waals surface area contributed by atoms with E-state index >= 15 is 0 Å². The quantitative estimate of drug-likeness (QED) is 0.379. The molecule has 0 aromatic carbocycles. The van der Waals surface area contributed by atoms with E-state index in [4.69, 9.17) is 18.9 Å². The van der Waals surface area contributed by atoms with Gasteiger partial charge in [-0.2, -0.15) is 0 Å². The van der Waals surface area contributed by atoms with E-state index in [0.717, 1.165) is 12.2 Å². The van der Waals surface area contributed by atoms with Gasteiger partial charge in [-0.1, -0.05) is 0 Å². The summed E-state index contributed by atoms with van der Waals surface area (Å²) in [5.74, 6) is -1.37. The zero-order chi connectivity index (χ0) is 12.6. The standard InChI is InChI=1S/C10H16O6/c1-7(13-3)15-9(11)5-6-10(12)16-8(2)14-4/h5-8H,1-4H3/b6-5-. The fraction of sp³-hybridized carbons (Fsp3) is 0.600. The third kappa shape index (κ3) is 6.97. The minimum atomic E-state index is -0.684. The van der Waals surface area contributed by atoms with E-state index in [1.165, 1.54) is 14.2 Å². The second-order valence-corrected chi connectivity index (χ2v) is 2.81. The second kappa shape index (κ2) is 7.84. The number of carbonyl (C=O) groups is 2. The molecule has 0 saturated carbocycles. The minimum Gasteiger partial charge on any atom is -0.433 e. The van der Waals surface area contributed by atoms with Crippen molar-refractivity contribution in [3.63, 3.8) is 0 Å². The van der Waals surface area contributed by atoms with Crippen molar-refractivity contribution in [1.82, 2.24) is 0 Å². The molecule has 0 aromatic heterocycles. The van der Waals surface area contributed by atoms with Gasteiger partial charge < -0.3 is 18.9 Å². The fourth-order valence-electron chi connectivity index (χ4n) is 0.638. The summed E-state index contributed by atoms with van der Waals surface area (Å²) in [6.07, 6.45) is 0.595. The predicted molar refractivity (Wildman–Crippen MR) is 54.3 cm³/mol. The van der Waals surface area contributed by atoms with Crippen LogP contribution < -0.4 is 0 Å². The number of hydrogen-bond donors (Lipinski definition) is 0. The van der Waals surface area contributed by atoms with E-state index < -0.39 is 24.5 Å². The first kappa shape index (κ1) is 14.6. The molecular formula is C10H16O6. The molecule has 0 heterocycles. The van der Waals surface area contributed by atoms with Gasteiger partial charge in [-0.15, -0.1) is 0 Å². The highest BCUT2D eigenvalue weighted by atomic mass is 16.7. The van der Waals surface area contributed by atoms with Crippen molar-refractivity contribution in [3.8, 4) is 0 Å². The van der Waals surface area contributed by atoms with Gasteiger partial charge >= 0.3 is 11.9 Å². The summed E-state index contributed by atoms with van der Waals surface area (Å²) in [6, 6.07) is 0. The average Bonchev–Trinajstić information content (AvgIpc) is 2.26. The summed E-state index contributed by atoms with van der Waals surface area (Å²) in [5, 5.41) is 0. The lowest BCUT2D eigenvalue weighted by atomic mass is 10.5. The molecule has 0 spiro atoms. The summed E-state index contributed by atoms with van der Waals surface area (Å²) >= 11 is 0. The Morgan fingerprint density at radius 3 is 1.44 bits per heavy atom. The maximum Gasteiger partial charge on any atom is 0.333 e. The number of esters is 2. The molecule has 0 radical (unpaired) electrons. The molecule has 0 aliphatic carbocycles. The van der Waals surface area contributed by atoms with Gasteiger partial charge in [0.05, 0.1) is 0 Å². The first-order chi connectivity index (χ1) is 7.49. The van der Waals surface area contributed by atoms with Gasteiger partial charge in [-0.25, -0.2) is 9.59 Å². The molecule has 0 bridgehead atoms. The third-order valence-corrected chi connectivity index (χ3v) is 1.58. The topological polar surface area (TPSA) is 71.1 Å². The Hall–Kier alpha value is -1.40. The molecule has 6 heteroatoms. The Morgan fingerprint density at radius 1 is 0.875 bits per heavy atom. The van der Waals surface area contributed by atoms with E-state index in [1.54, 1.807) is 13.8 Å². The first-order valence-corrected chi connectivity index (χ1v) is 4.64. The van der Waals surface area contributed by atoms with Gasteiger partial charge in [0, 0.05) is 26.4 Å². The van der Waals surface area contributed by atoms with Crippen LogP contribution in [0, 0.1) is 0 Å². The van der Waals surface area contributed by atoms with E-state index in [-0.39, 0.29) is 0 Å². The Bertz CT molecular complexity index is 234. The second-order valence-electron chi connectivity index (χ2n) is 2.81. The highest BCUT2D eigenvalue weighted by molar-refractivity contribution is 5.91. The van der Waals surface area contributed by atoms with Gasteiger partial charge in [0.15, 0.2) is 12.6 Å². The van der Waals surface area contributed by atoms with Crippen LogP contribution in [0.15, 0.2) is 12.2 Å². The number of carbonyl (C=O) groups excluding carboxylic acids is 2. The lowest BCUT2D eigenvalue weighted by Gasteiger charge is -2.09. The maximum atomic E-state index is 11.0. The molecule has 0 aromatic rings. The minimum absolute atomic E-state index is 0.661. The van der Waals surface area contributed by atoms with Gasteiger partial charge in [0.1, 0.15) is 0 Å². The van der Waals surface area contributed by atoms with Gasteiger partial charge in [0.2, 0.25) is 0 Å². The number of rotatable bonds is 6. The van der Waals surface area contributed by atoms with Crippen molar-refractivity contribution < 1.29 is 28.5 Å². The largest absolute Gasteiger partial charge is 0.433 e. The highest BCUT2D eigenvalue weighted by Gasteiger charge is 2.07. The van der Waals surface area contributed by atoms with Crippen LogP contribution in [-0.4, -0.2) is 38.7 Å². The molecule has 6 nitrogen and oxygen atoms in total. The molecule has 16 heavy (non-hydrogen) atoms. The Morgan fingerprint density at radius 2 is 1.19 bits per heavy atom. The summed E-state index contributed by atoms with van der Waals surface area (Å²) < 4.78 is 18.8. The molecule has 0 fully saturated rings. The van der Waals surface area contributed by atoms with Crippen LogP contribution in [0.4, 0.5) is 0 Å². The fourth-order valence-corrected chi connectivity index (χ4v) is 0.638. The number of ether oxygens (including phenoxy) is 4.